The lowest BCUT2D eigenvalue weighted by molar-refractivity contribution is 0.397. The summed E-state index contributed by atoms with van der Waals surface area (Å²) >= 11 is 6.23. The maximum atomic E-state index is 6.23. The van der Waals surface area contributed by atoms with Crippen molar-refractivity contribution in [3.05, 3.63) is 11.1 Å². The second-order valence-electron chi connectivity index (χ2n) is 5.11. The van der Waals surface area contributed by atoms with Gasteiger partial charge in [-0.25, -0.2) is 4.98 Å². The van der Waals surface area contributed by atoms with Crippen LogP contribution in [0.15, 0.2) is 6.07 Å². The fourth-order valence-corrected chi connectivity index (χ4v) is 2.82. The van der Waals surface area contributed by atoms with Crippen LogP contribution >= 0.6 is 11.6 Å². The summed E-state index contributed by atoms with van der Waals surface area (Å²) in [6.07, 6.45) is 1.06. The highest BCUT2D eigenvalue weighted by atomic mass is 35.5. The maximum absolute atomic E-state index is 6.23. The second kappa shape index (κ2) is 5.98. The first-order chi connectivity index (χ1) is 10.6. The van der Waals surface area contributed by atoms with E-state index in [1.807, 2.05) is 13.1 Å². The lowest BCUT2D eigenvalue weighted by Crippen LogP contribution is -2.30. The molecule has 0 spiro atoms. The number of H-pyrrole nitrogens is 1. The molecule has 1 fully saturated rings. The first-order valence-corrected chi connectivity index (χ1v) is 7.35. The number of nitrogens with zero attached hydrogens (tertiary/aromatic N) is 4. The summed E-state index contributed by atoms with van der Waals surface area (Å²) in [5.74, 6) is 1.31. The number of methoxy groups -OCH3 is 1. The molecule has 0 aromatic carbocycles. The van der Waals surface area contributed by atoms with Gasteiger partial charge in [-0.1, -0.05) is 11.6 Å². The summed E-state index contributed by atoms with van der Waals surface area (Å²) in [6.45, 7) is 1.80. The molecule has 1 saturated heterocycles. The molecule has 4 N–H and O–H groups in total. The predicted molar refractivity (Wildman–Crippen MR) is 85.3 cm³/mol. The van der Waals surface area contributed by atoms with E-state index in [9.17, 15) is 0 Å². The molecular weight excluding hydrogens is 306 g/mol. The molecule has 0 saturated carbocycles. The Hall–Kier alpha value is -2.06. The molecule has 2 aromatic rings. The fraction of sp³-hybridized carbons (Fsp3) is 0.462. The van der Waals surface area contributed by atoms with Crippen LogP contribution in [0.4, 0.5) is 11.8 Å². The van der Waals surface area contributed by atoms with Crippen molar-refractivity contribution in [1.29, 1.82) is 0 Å². The predicted octanol–water partition coefficient (Wildman–Crippen LogP) is 0.909. The number of ether oxygens (including phenoxy) is 1. The molecule has 0 amide bonds. The second-order valence-corrected chi connectivity index (χ2v) is 5.49. The van der Waals surface area contributed by atoms with Gasteiger partial charge >= 0.3 is 0 Å². The van der Waals surface area contributed by atoms with E-state index < -0.39 is 0 Å². The molecule has 0 bridgehead atoms. The Bertz CT molecular complexity index is 674. The van der Waals surface area contributed by atoms with E-state index in [2.05, 4.69) is 30.4 Å². The van der Waals surface area contributed by atoms with Crippen LogP contribution in [0.2, 0.25) is 5.02 Å². The molecule has 1 aliphatic rings. The molecule has 22 heavy (non-hydrogen) atoms. The zero-order chi connectivity index (χ0) is 15.7. The van der Waals surface area contributed by atoms with E-state index in [4.69, 9.17) is 22.1 Å². The van der Waals surface area contributed by atoms with Crippen LogP contribution in [0.5, 0.6) is 5.88 Å². The normalized spacial score (nSPS) is 18.0. The summed E-state index contributed by atoms with van der Waals surface area (Å²) in [4.78, 5) is 10.7. The number of aromatic amines is 1. The Morgan fingerprint density at radius 2 is 2.32 bits per heavy atom. The smallest absolute Gasteiger partial charge is 0.252 e. The Morgan fingerprint density at radius 1 is 1.50 bits per heavy atom. The highest BCUT2D eigenvalue weighted by molar-refractivity contribution is 6.34. The third kappa shape index (κ3) is 2.67. The van der Waals surface area contributed by atoms with Crippen molar-refractivity contribution in [2.24, 2.45) is 0 Å². The summed E-state index contributed by atoms with van der Waals surface area (Å²) in [5.41, 5.74) is 7.01. The van der Waals surface area contributed by atoms with Gasteiger partial charge in [0.15, 0.2) is 0 Å². The third-order valence-corrected chi connectivity index (χ3v) is 4.13. The molecule has 0 radical (unpaired) electrons. The SMILES string of the molecule is CN[C@@H]1CCN(c2cc(-c3[nH]nc(OC)c3Cl)nc(N)n2)C1. The maximum Gasteiger partial charge on any atom is 0.252 e. The average Bonchev–Trinajstić information content (AvgIpc) is 3.12. The summed E-state index contributed by atoms with van der Waals surface area (Å²) in [6, 6.07) is 2.31. The Kier molecular flexibility index (Phi) is 4.04. The van der Waals surface area contributed by atoms with Crippen LogP contribution in [0.1, 0.15) is 6.42 Å². The molecule has 0 aliphatic carbocycles. The summed E-state index contributed by atoms with van der Waals surface area (Å²) in [5, 5.41) is 10.5. The fourth-order valence-electron chi connectivity index (χ4n) is 2.56. The standard InChI is InChI=1S/C13H18ClN7O/c1-16-7-3-4-21(6-7)9-5-8(17-13(15)18-9)11-10(14)12(22-2)20-19-11/h5,7,16H,3-4,6H2,1-2H3,(H,19,20)(H2,15,17,18)/t7-/m1/s1. The zero-order valence-corrected chi connectivity index (χ0v) is 13.2. The van der Waals surface area contributed by atoms with E-state index in [1.54, 1.807) is 0 Å². The van der Waals surface area contributed by atoms with Gasteiger partial charge in [0.2, 0.25) is 5.95 Å². The lowest BCUT2D eigenvalue weighted by Gasteiger charge is -2.18. The Balaban J connectivity index is 1.94. The van der Waals surface area contributed by atoms with Crippen LogP contribution in [-0.2, 0) is 0 Å². The van der Waals surface area contributed by atoms with Crippen molar-refractivity contribution in [2.45, 2.75) is 12.5 Å². The molecule has 3 heterocycles. The topological polar surface area (TPSA) is 105 Å². The highest BCUT2D eigenvalue weighted by Crippen LogP contribution is 2.33. The monoisotopic (exact) mass is 323 g/mol. The first-order valence-electron chi connectivity index (χ1n) is 6.97. The van der Waals surface area contributed by atoms with Crippen LogP contribution in [-0.4, -0.2) is 53.5 Å². The third-order valence-electron chi connectivity index (χ3n) is 3.78. The van der Waals surface area contributed by atoms with Crippen LogP contribution in [0.3, 0.4) is 0 Å². The first kappa shape index (κ1) is 14.9. The van der Waals surface area contributed by atoms with Crippen LogP contribution in [0.25, 0.3) is 11.4 Å². The van der Waals surface area contributed by atoms with Gasteiger partial charge in [0.05, 0.1) is 12.8 Å². The summed E-state index contributed by atoms with van der Waals surface area (Å²) < 4.78 is 5.07. The number of anilines is 2. The molecule has 1 aliphatic heterocycles. The van der Waals surface area contributed by atoms with Gasteiger partial charge in [0.25, 0.3) is 5.88 Å². The van der Waals surface area contributed by atoms with Gasteiger partial charge < -0.3 is 20.7 Å². The number of halogens is 1. The van der Waals surface area contributed by atoms with E-state index in [1.165, 1.54) is 7.11 Å². The van der Waals surface area contributed by atoms with Gasteiger partial charge in [0, 0.05) is 25.2 Å². The van der Waals surface area contributed by atoms with Crippen molar-refractivity contribution >= 4 is 23.4 Å². The van der Waals surface area contributed by atoms with Crippen molar-refractivity contribution < 1.29 is 4.74 Å². The van der Waals surface area contributed by atoms with Gasteiger partial charge in [0.1, 0.15) is 16.5 Å². The number of rotatable bonds is 4. The summed E-state index contributed by atoms with van der Waals surface area (Å²) in [7, 11) is 3.47. The van der Waals surface area contributed by atoms with Gasteiger partial charge in [-0.15, -0.1) is 5.10 Å². The molecule has 118 valence electrons. The van der Waals surface area contributed by atoms with Crippen LogP contribution < -0.4 is 20.7 Å². The molecular formula is C13H18ClN7O. The quantitative estimate of drug-likeness (QED) is 0.768. The van der Waals surface area contributed by atoms with Gasteiger partial charge in [-0.2, -0.15) is 4.98 Å². The minimum atomic E-state index is 0.199. The molecule has 8 nitrogen and oxygen atoms in total. The van der Waals surface area contributed by atoms with E-state index in [0.29, 0.717) is 28.3 Å². The number of nitrogens with two attached hydrogens (primary N) is 1. The lowest BCUT2D eigenvalue weighted by atomic mass is 10.3. The number of nitrogens with one attached hydrogen (secondary N) is 2. The molecule has 3 rings (SSSR count). The Labute approximate surface area is 133 Å². The van der Waals surface area contributed by atoms with Crippen LogP contribution in [0, 0.1) is 0 Å². The highest BCUT2D eigenvalue weighted by Gasteiger charge is 2.24. The minimum absolute atomic E-state index is 0.199. The van der Waals surface area contributed by atoms with Crippen molar-refractivity contribution in [2.75, 3.05) is 37.9 Å². The number of aromatic nitrogens is 4. The number of hydrogen-bond acceptors (Lipinski definition) is 7. The van der Waals surface area contributed by atoms with E-state index >= 15 is 0 Å². The molecule has 0 unspecified atom stereocenters. The van der Waals surface area contributed by atoms with E-state index in [0.717, 1.165) is 25.3 Å². The Morgan fingerprint density at radius 3 is 2.95 bits per heavy atom. The zero-order valence-electron chi connectivity index (χ0n) is 12.4. The largest absolute Gasteiger partial charge is 0.479 e. The van der Waals surface area contributed by atoms with Crippen molar-refractivity contribution in [3.63, 3.8) is 0 Å². The van der Waals surface area contributed by atoms with E-state index in [-0.39, 0.29) is 5.95 Å². The van der Waals surface area contributed by atoms with Crippen molar-refractivity contribution in [1.82, 2.24) is 25.5 Å². The number of hydrogen-bond donors (Lipinski definition) is 3. The average molecular weight is 324 g/mol. The molecule has 1 atom stereocenters. The van der Waals surface area contributed by atoms with Gasteiger partial charge in [-0.3, -0.25) is 5.10 Å². The van der Waals surface area contributed by atoms with Gasteiger partial charge in [-0.05, 0) is 13.5 Å². The van der Waals surface area contributed by atoms with Crippen molar-refractivity contribution in [3.8, 4) is 17.3 Å². The number of likely N-dealkylation sites (N-methyl/N-ethyl adjacent to an activating group) is 1. The molecule has 9 heteroatoms. The number of nitrogen functional groups attached to an aromatic ring is 1. The molecule has 2 aromatic heterocycles. The minimum Gasteiger partial charge on any atom is -0.479 e.